The third kappa shape index (κ3) is 6.80. The van der Waals surface area contributed by atoms with E-state index >= 15 is 0 Å². The Morgan fingerprint density at radius 2 is 2.08 bits per heavy atom. The summed E-state index contributed by atoms with van der Waals surface area (Å²) in [5.41, 5.74) is 5.56. The minimum Gasteiger partial charge on any atom is -0.437 e. The first-order valence-electron chi connectivity index (χ1n) is 11.0. The molecule has 1 atom stereocenters. The predicted octanol–water partition coefficient (Wildman–Crippen LogP) is 3.27. The molecule has 14 heteroatoms. The van der Waals surface area contributed by atoms with Gasteiger partial charge >= 0.3 is 6.18 Å². The Labute approximate surface area is 215 Å². The zero-order valence-corrected chi connectivity index (χ0v) is 20.1. The molecule has 3 heterocycles. The van der Waals surface area contributed by atoms with Crippen molar-refractivity contribution in [2.24, 2.45) is 5.73 Å². The first kappa shape index (κ1) is 26.0. The molecule has 1 aliphatic heterocycles. The van der Waals surface area contributed by atoms with E-state index in [1.54, 1.807) is 24.3 Å². The van der Waals surface area contributed by atoms with Gasteiger partial charge < -0.3 is 30.7 Å². The Bertz CT molecular complexity index is 1280. The summed E-state index contributed by atoms with van der Waals surface area (Å²) in [6.45, 7) is 1.20. The highest BCUT2D eigenvalue weighted by atomic mass is 32.1. The van der Waals surface area contributed by atoms with E-state index in [1.165, 1.54) is 23.4 Å². The number of carbonyl (C=O) groups excluding carboxylic acids is 1. The molecule has 0 spiro atoms. The molecule has 0 bridgehead atoms. The molecule has 1 unspecified atom stereocenters. The van der Waals surface area contributed by atoms with Gasteiger partial charge in [0.15, 0.2) is 10.9 Å². The number of morpholine rings is 1. The van der Waals surface area contributed by atoms with E-state index in [-0.39, 0.29) is 34.6 Å². The van der Waals surface area contributed by atoms with Crippen molar-refractivity contribution >= 4 is 35.2 Å². The van der Waals surface area contributed by atoms with E-state index in [1.807, 2.05) is 0 Å². The SMILES string of the molecule is NC(=S)Nc1ccccc1Oc1cc(-c2ccc(C(F)(F)F)nc2NCC2CN(C=O)CCO2)ncn1. The smallest absolute Gasteiger partial charge is 0.433 e. The maximum Gasteiger partial charge on any atom is 0.433 e. The second-order valence-electron chi connectivity index (χ2n) is 7.89. The van der Waals surface area contributed by atoms with Gasteiger partial charge in [-0.15, -0.1) is 0 Å². The van der Waals surface area contributed by atoms with E-state index in [4.69, 9.17) is 27.4 Å². The molecule has 0 radical (unpaired) electrons. The lowest BCUT2D eigenvalue weighted by atomic mass is 10.1. The van der Waals surface area contributed by atoms with Gasteiger partial charge in [-0.3, -0.25) is 4.79 Å². The molecule has 37 heavy (non-hydrogen) atoms. The summed E-state index contributed by atoms with van der Waals surface area (Å²) in [6, 6.07) is 10.5. The summed E-state index contributed by atoms with van der Waals surface area (Å²) in [5.74, 6) is 0.449. The summed E-state index contributed by atoms with van der Waals surface area (Å²) < 4.78 is 51.7. The number of nitrogens with two attached hydrogens (primary N) is 1. The number of thiocarbonyl (C=S) groups is 1. The quantitative estimate of drug-likeness (QED) is 0.293. The zero-order chi connectivity index (χ0) is 26.4. The molecule has 194 valence electrons. The third-order valence-electron chi connectivity index (χ3n) is 5.28. The maximum absolute atomic E-state index is 13.4. The fourth-order valence-corrected chi connectivity index (χ4v) is 3.69. The number of carbonyl (C=O) groups is 1. The van der Waals surface area contributed by atoms with Crippen molar-refractivity contribution in [2.45, 2.75) is 12.3 Å². The van der Waals surface area contributed by atoms with Crippen molar-refractivity contribution in [1.29, 1.82) is 0 Å². The number of benzene rings is 1. The van der Waals surface area contributed by atoms with Crippen molar-refractivity contribution in [3.05, 3.63) is 54.5 Å². The minimum absolute atomic E-state index is 0.0455. The summed E-state index contributed by atoms with van der Waals surface area (Å²) in [5, 5.41) is 5.77. The second-order valence-corrected chi connectivity index (χ2v) is 8.33. The third-order valence-corrected chi connectivity index (χ3v) is 5.38. The van der Waals surface area contributed by atoms with E-state index in [2.05, 4.69) is 25.6 Å². The van der Waals surface area contributed by atoms with Crippen molar-refractivity contribution in [1.82, 2.24) is 19.9 Å². The monoisotopic (exact) mass is 533 g/mol. The van der Waals surface area contributed by atoms with Gasteiger partial charge in [0.25, 0.3) is 0 Å². The van der Waals surface area contributed by atoms with E-state index in [0.29, 0.717) is 37.5 Å². The molecule has 0 aliphatic carbocycles. The van der Waals surface area contributed by atoms with Crippen LogP contribution in [0.5, 0.6) is 11.6 Å². The lowest BCUT2D eigenvalue weighted by Gasteiger charge is -2.30. The van der Waals surface area contributed by atoms with Gasteiger partial charge in [0.2, 0.25) is 12.3 Å². The van der Waals surface area contributed by atoms with Crippen LogP contribution in [0, 0.1) is 0 Å². The highest BCUT2D eigenvalue weighted by Crippen LogP contribution is 2.34. The normalized spacial score (nSPS) is 15.6. The molecule has 1 fully saturated rings. The molecular formula is C23H22F3N7O3S. The summed E-state index contributed by atoms with van der Waals surface area (Å²) in [7, 11) is 0. The predicted molar refractivity (Wildman–Crippen MR) is 133 cm³/mol. The molecule has 4 rings (SSSR count). The van der Waals surface area contributed by atoms with Gasteiger partial charge in [0, 0.05) is 31.3 Å². The Morgan fingerprint density at radius 1 is 1.27 bits per heavy atom. The van der Waals surface area contributed by atoms with Crippen LogP contribution in [0.1, 0.15) is 5.69 Å². The molecule has 1 saturated heterocycles. The number of alkyl halides is 3. The van der Waals surface area contributed by atoms with Crippen LogP contribution in [0.3, 0.4) is 0 Å². The number of nitrogens with one attached hydrogen (secondary N) is 2. The molecule has 10 nitrogen and oxygen atoms in total. The van der Waals surface area contributed by atoms with Gasteiger partial charge in [0.05, 0.1) is 24.1 Å². The number of anilines is 2. The maximum atomic E-state index is 13.4. The Morgan fingerprint density at radius 3 is 2.84 bits per heavy atom. The van der Waals surface area contributed by atoms with Crippen molar-refractivity contribution in [3.8, 4) is 22.9 Å². The number of hydrogen-bond acceptors (Lipinski definition) is 8. The standard InChI is InChI=1S/C23H22F3N7O3S/c24-23(25,26)19-6-5-15(21(32-19)28-10-14-11-33(13-34)7-8-35-14)17-9-20(30-12-29-17)36-18-4-2-1-3-16(18)31-22(27)37/h1-6,9,12-14H,7-8,10-11H2,(H,28,32)(H3,27,31,37). The number of halogens is 3. The Hall–Kier alpha value is -4.04. The number of amides is 1. The molecule has 1 aromatic carbocycles. The molecule has 2 aromatic heterocycles. The summed E-state index contributed by atoms with van der Waals surface area (Å²) in [6.07, 6.45) is -3.14. The topological polar surface area (TPSA) is 128 Å². The first-order valence-corrected chi connectivity index (χ1v) is 11.4. The largest absolute Gasteiger partial charge is 0.437 e. The molecule has 1 amide bonds. The van der Waals surface area contributed by atoms with Crippen LogP contribution in [0.2, 0.25) is 0 Å². The van der Waals surface area contributed by atoms with Gasteiger partial charge in [-0.2, -0.15) is 13.2 Å². The van der Waals surface area contributed by atoms with Crippen LogP contribution in [0.25, 0.3) is 11.3 Å². The number of ether oxygens (including phenoxy) is 2. The fourth-order valence-electron chi connectivity index (χ4n) is 3.58. The lowest BCUT2D eigenvalue weighted by molar-refractivity contribution is -0.141. The molecule has 1 aliphatic rings. The van der Waals surface area contributed by atoms with Crippen LogP contribution >= 0.6 is 12.2 Å². The number of aromatic nitrogens is 3. The van der Waals surface area contributed by atoms with E-state index in [0.717, 1.165) is 6.07 Å². The van der Waals surface area contributed by atoms with Crippen molar-refractivity contribution in [2.75, 3.05) is 36.9 Å². The first-order chi connectivity index (χ1) is 17.7. The molecule has 4 N–H and O–H groups in total. The minimum atomic E-state index is -4.65. The highest BCUT2D eigenvalue weighted by molar-refractivity contribution is 7.80. The Balaban J connectivity index is 1.62. The van der Waals surface area contributed by atoms with Gasteiger partial charge in [-0.25, -0.2) is 15.0 Å². The number of nitrogens with zero attached hydrogens (tertiary/aromatic N) is 4. The number of hydrogen-bond donors (Lipinski definition) is 3. The van der Waals surface area contributed by atoms with Gasteiger partial charge in [-0.05, 0) is 36.5 Å². The van der Waals surface area contributed by atoms with Crippen LogP contribution in [-0.2, 0) is 15.7 Å². The van der Waals surface area contributed by atoms with Crippen LogP contribution in [0.4, 0.5) is 24.7 Å². The van der Waals surface area contributed by atoms with Gasteiger partial charge in [0.1, 0.15) is 17.8 Å². The molecular weight excluding hydrogens is 511 g/mol. The van der Waals surface area contributed by atoms with Crippen LogP contribution in [0.15, 0.2) is 48.8 Å². The summed E-state index contributed by atoms with van der Waals surface area (Å²) >= 11 is 4.89. The summed E-state index contributed by atoms with van der Waals surface area (Å²) in [4.78, 5) is 24.7. The van der Waals surface area contributed by atoms with E-state index < -0.39 is 18.0 Å². The van der Waals surface area contributed by atoms with E-state index in [9.17, 15) is 18.0 Å². The lowest BCUT2D eigenvalue weighted by Crippen LogP contribution is -2.44. The highest BCUT2D eigenvalue weighted by Gasteiger charge is 2.33. The molecule has 3 aromatic rings. The number of para-hydroxylation sites is 2. The van der Waals surface area contributed by atoms with Gasteiger partial charge in [-0.1, -0.05) is 12.1 Å². The van der Waals surface area contributed by atoms with Crippen LogP contribution < -0.4 is 21.1 Å². The van der Waals surface area contributed by atoms with Crippen molar-refractivity contribution in [3.63, 3.8) is 0 Å². The van der Waals surface area contributed by atoms with Crippen molar-refractivity contribution < 1.29 is 27.4 Å². The van der Waals surface area contributed by atoms with Crippen LogP contribution in [-0.4, -0.2) is 63.7 Å². The molecule has 0 saturated carbocycles. The second kappa shape index (κ2) is 11.3. The number of pyridine rings is 1. The fraction of sp³-hybridized carbons (Fsp3) is 0.261. The average Bonchev–Trinajstić information content (AvgIpc) is 2.88. The average molecular weight is 534 g/mol. The Kier molecular flexibility index (Phi) is 7.98. The zero-order valence-electron chi connectivity index (χ0n) is 19.2. The number of rotatable bonds is 8.